The van der Waals surface area contributed by atoms with Crippen LogP contribution in [0.1, 0.15) is 17.0 Å². The molecular weight excluding hydrogens is 399 g/mol. The fourth-order valence-electron chi connectivity index (χ4n) is 2.07. The fraction of sp³-hybridized carbons (Fsp3) is 0.0625. The second-order valence-electron chi connectivity index (χ2n) is 4.81. The molecule has 0 bridgehead atoms. The number of aromatic nitrogens is 2. The molecule has 0 fully saturated rings. The third-order valence-corrected chi connectivity index (χ3v) is 5.46. The maximum atomic E-state index is 12.4. The van der Waals surface area contributed by atoms with E-state index in [2.05, 4.69) is 14.7 Å². The van der Waals surface area contributed by atoms with Crippen LogP contribution in [0.5, 0.6) is 5.75 Å². The SMILES string of the molecule is N#CC(=C1Sc2nc(C#N)c(C#N)nc2S1)c1cccc(OC(F)(F)F)c1. The highest BCUT2D eigenvalue weighted by Gasteiger charge is 2.31. The lowest BCUT2D eigenvalue weighted by Gasteiger charge is -2.10. The number of benzene rings is 1. The van der Waals surface area contributed by atoms with Gasteiger partial charge in [0.25, 0.3) is 0 Å². The van der Waals surface area contributed by atoms with Crippen LogP contribution in [0.3, 0.4) is 0 Å². The first-order valence-corrected chi connectivity index (χ1v) is 8.56. The summed E-state index contributed by atoms with van der Waals surface area (Å²) in [6, 6.07) is 10.5. The molecule has 0 unspecified atom stereocenters. The summed E-state index contributed by atoms with van der Waals surface area (Å²) in [5.41, 5.74) is 0.0619. The number of alkyl halides is 3. The summed E-state index contributed by atoms with van der Waals surface area (Å²) in [4.78, 5) is 8.10. The van der Waals surface area contributed by atoms with E-state index in [1.807, 2.05) is 6.07 Å². The van der Waals surface area contributed by atoms with E-state index in [1.54, 1.807) is 12.1 Å². The summed E-state index contributed by atoms with van der Waals surface area (Å²) in [5.74, 6) is -0.450. The highest BCUT2D eigenvalue weighted by Crippen LogP contribution is 2.52. The van der Waals surface area contributed by atoms with E-state index in [0.717, 1.165) is 35.7 Å². The molecule has 1 aliphatic heterocycles. The number of fused-ring (bicyclic) bond motifs is 1. The Balaban J connectivity index is 2.00. The molecule has 0 aliphatic carbocycles. The molecule has 3 rings (SSSR count). The average Bonchev–Trinajstić information content (AvgIpc) is 3.02. The van der Waals surface area contributed by atoms with Crippen LogP contribution in [0.25, 0.3) is 5.57 Å². The second-order valence-corrected chi connectivity index (χ2v) is 7.07. The third kappa shape index (κ3) is 3.98. The quantitative estimate of drug-likeness (QED) is 0.687. The lowest BCUT2D eigenvalue weighted by atomic mass is 10.1. The first kappa shape index (κ1) is 18.6. The Morgan fingerprint density at radius 1 is 1.00 bits per heavy atom. The van der Waals surface area contributed by atoms with Gasteiger partial charge in [0, 0.05) is 0 Å². The zero-order valence-corrected chi connectivity index (χ0v) is 14.5. The Hall–Kier alpha value is -3.20. The van der Waals surface area contributed by atoms with E-state index >= 15 is 0 Å². The van der Waals surface area contributed by atoms with Crippen LogP contribution in [0, 0.1) is 34.0 Å². The van der Waals surface area contributed by atoms with Gasteiger partial charge in [0.1, 0.15) is 34.0 Å². The molecule has 1 aliphatic rings. The Morgan fingerprint density at radius 2 is 1.59 bits per heavy atom. The van der Waals surface area contributed by atoms with Crippen LogP contribution in [0.15, 0.2) is 38.6 Å². The van der Waals surface area contributed by atoms with Crippen molar-refractivity contribution in [1.82, 2.24) is 9.97 Å². The van der Waals surface area contributed by atoms with Crippen LogP contribution < -0.4 is 4.74 Å². The highest BCUT2D eigenvalue weighted by atomic mass is 32.2. The van der Waals surface area contributed by atoms with Crippen molar-refractivity contribution >= 4 is 29.1 Å². The minimum atomic E-state index is -4.85. The zero-order valence-electron chi connectivity index (χ0n) is 12.9. The van der Waals surface area contributed by atoms with Gasteiger partial charge < -0.3 is 4.74 Å². The number of rotatable bonds is 2. The zero-order chi connectivity index (χ0) is 19.6. The molecule has 0 N–H and O–H groups in total. The third-order valence-electron chi connectivity index (χ3n) is 3.10. The molecule has 132 valence electrons. The van der Waals surface area contributed by atoms with Crippen LogP contribution in [-0.4, -0.2) is 16.3 Å². The summed E-state index contributed by atoms with van der Waals surface area (Å²) in [6.07, 6.45) is -4.85. The van der Waals surface area contributed by atoms with E-state index in [-0.39, 0.29) is 22.5 Å². The standard InChI is InChI=1S/C16H4F3N5OS2/c17-16(18,19)25-9-3-1-2-8(4-9)10(5-20)15-26-13-14(27-15)24-12(7-22)11(6-21)23-13/h1-4H. The molecule has 0 atom stereocenters. The van der Waals surface area contributed by atoms with Crippen molar-refractivity contribution in [3.05, 3.63) is 45.5 Å². The lowest BCUT2D eigenvalue weighted by molar-refractivity contribution is -0.274. The van der Waals surface area contributed by atoms with Crippen LogP contribution >= 0.6 is 23.5 Å². The molecule has 27 heavy (non-hydrogen) atoms. The molecule has 0 saturated heterocycles. The van der Waals surface area contributed by atoms with Gasteiger partial charge in [0.15, 0.2) is 11.4 Å². The van der Waals surface area contributed by atoms with Gasteiger partial charge in [-0.2, -0.15) is 15.8 Å². The smallest absolute Gasteiger partial charge is 0.406 e. The summed E-state index contributed by atoms with van der Waals surface area (Å²) in [5, 5.41) is 28.2. The average molecular weight is 403 g/mol. The molecule has 0 saturated carbocycles. The maximum absolute atomic E-state index is 12.4. The topological polar surface area (TPSA) is 106 Å². The van der Waals surface area contributed by atoms with Crippen molar-refractivity contribution in [3.8, 4) is 24.0 Å². The van der Waals surface area contributed by atoms with Crippen molar-refractivity contribution in [2.45, 2.75) is 16.4 Å². The molecule has 6 nitrogen and oxygen atoms in total. The number of ether oxygens (including phenoxy) is 1. The highest BCUT2D eigenvalue weighted by molar-refractivity contribution is 8.24. The maximum Gasteiger partial charge on any atom is 0.573 e. The normalized spacial score (nSPS) is 12.5. The van der Waals surface area contributed by atoms with E-state index in [4.69, 9.17) is 10.5 Å². The number of allylic oxidation sites excluding steroid dienone is 1. The van der Waals surface area contributed by atoms with Crippen LogP contribution in [0.2, 0.25) is 0 Å². The second kappa shape index (κ2) is 7.20. The van der Waals surface area contributed by atoms with Crippen molar-refractivity contribution < 1.29 is 17.9 Å². The summed E-state index contributed by atoms with van der Waals surface area (Å²) >= 11 is 2.11. The number of nitrogens with zero attached hydrogens (tertiary/aromatic N) is 5. The van der Waals surface area contributed by atoms with Crippen molar-refractivity contribution in [2.24, 2.45) is 0 Å². The summed E-state index contributed by atoms with van der Waals surface area (Å²) in [7, 11) is 0. The van der Waals surface area contributed by atoms with Crippen molar-refractivity contribution in [2.75, 3.05) is 0 Å². The van der Waals surface area contributed by atoms with Gasteiger partial charge in [0.2, 0.25) is 0 Å². The lowest BCUT2D eigenvalue weighted by Crippen LogP contribution is -2.17. The first-order chi connectivity index (χ1) is 12.8. The Kier molecular flexibility index (Phi) is 4.95. The molecule has 0 radical (unpaired) electrons. The number of nitriles is 3. The van der Waals surface area contributed by atoms with Gasteiger partial charge >= 0.3 is 6.36 Å². The van der Waals surface area contributed by atoms with Gasteiger partial charge in [-0.3, -0.25) is 0 Å². The van der Waals surface area contributed by atoms with Crippen molar-refractivity contribution in [3.63, 3.8) is 0 Å². The first-order valence-electron chi connectivity index (χ1n) is 6.93. The molecule has 1 aromatic carbocycles. The van der Waals surface area contributed by atoms with Gasteiger partial charge in [0.05, 0.1) is 9.81 Å². The fourth-order valence-corrected chi connectivity index (χ4v) is 4.38. The Bertz CT molecular complexity index is 1050. The monoisotopic (exact) mass is 403 g/mol. The number of hydrogen-bond acceptors (Lipinski definition) is 8. The van der Waals surface area contributed by atoms with Crippen molar-refractivity contribution in [1.29, 1.82) is 15.8 Å². The van der Waals surface area contributed by atoms with Crippen LogP contribution in [-0.2, 0) is 0 Å². The van der Waals surface area contributed by atoms with Gasteiger partial charge in [-0.1, -0.05) is 35.7 Å². The molecule has 0 amide bonds. The summed E-state index contributed by atoms with van der Waals surface area (Å²) in [6.45, 7) is 0. The number of halogens is 3. The summed E-state index contributed by atoms with van der Waals surface area (Å²) < 4.78 is 41.5. The predicted molar refractivity (Wildman–Crippen MR) is 88.8 cm³/mol. The van der Waals surface area contributed by atoms with E-state index in [0.29, 0.717) is 14.3 Å². The Labute approximate surface area is 158 Å². The molecule has 2 aromatic rings. The van der Waals surface area contributed by atoms with Gasteiger partial charge in [-0.25, -0.2) is 9.97 Å². The van der Waals surface area contributed by atoms with Gasteiger partial charge in [-0.05, 0) is 17.7 Å². The van der Waals surface area contributed by atoms with E-state index in [1.165, 1.54) is 12.1 Å². The predicted octanol–water partition coefficient (Wildman–Crippen LogP) is 4.21. The molecule has 0 spiro atoms. The number of hydrogen-bond donors (Lipinski definition) is 0. The Morgan fingerprint density at radius 3 is 2.07 bits per heavy atom. The molecule has 11 heteroatoms. The number of thioether (sulfide) groups is 2. The largest absolute Gasteiger partial charge is 0.573 e. The van der Waals surface area contributed by atoms with E-state index < -0.39 is 12.1 Å². The van der Waals surface area contributed by atoms with Gasteiger partial charge in [-0.15, -0.1) is 13.2 Å². The van der Waals surface area contributed by atoms with Crippen LogP contribution in [0.4, 0.5) is 13.2 Å². The molecule has 1 aromatic heterocycles. The minimum absolute atomic E-state index is 0.106. The minimum Gasteiger partial charge on any atom is -0.406 e. The molecule has 2 heterocycles. The molecular formula is C16H4F3N5OS2. The van der Waals surface area contributed by atoms with E-state index in [9.17, 15) is 18.4 Å².